The zero-order chi connectivity index (χ0) is 26.1. The lowest BCUT2D eigenvalue weighted by molar-refractivity contribution is -0.145. The topological polar surface area (TPSA) is 46.6 Å². The Morgan fingerprint density at radius 3 is 2.06 bits per heavy atom. The van der Waals surface area contributed by atoms with Gasteiger partial charge in [0.1, 0.15) is 11.7 Å². The molecule has 4 nitrogen and oxygen atoms in total. The Morgan fingerprint density at radius 1 is 0.917 bits per heavy atom. The number of ketones is 1. The molecule has 36 heavy (non-hydrogen) atoms. The van der Waals surface area contributed by atoms with Crippen molar-refractivity contribution < 1.29 is 14.3 Å². The van der Waals surface area contributed by atoms with Crippen LogP contribution >= 0.6 is 23.2 Å². The molecule has 6 heteroatoms. The van der Waals surface area contributed by atoms with Crippen LogP contribution < -0.4 is 0 Å². The van der Waals surface area contributed by atoms with Gasteiger partial charge in [0.15, 0.2) is 5.78 Å². The molecule has 0 N–H and O–H groups in total. The maximum atomic E-state index is 12.8. The third kappa shape index (κ3) is 7.79. The van der Waals surface area contributed by atoms with Crippen molar-refractivity contribution in [3.63, 3.8) is 0 Å². The molecule has 1 unspecified atom stereocenters. The second-order valence-electron chi connectivity index (χ2n) is 8.90. The smallest absolute Gasteiger partial charge is 0.342 e. The summed E-state index contributed by atoms with van der Waals surface area (Å²) in [5.74, 6) is -0.807. The first-order valence-corrected chi connectivity index (χ1v) is 12.7. The molecule has 3 aromatic rings. The quantitative estimate of drug-likeness (QED) is 0.117. The lowest BCUT2D eigenvalue weighted by Crippen LogP contribution is -2.32. The van der Waals surface area contributed by atoms with Gasteiger partial charge in [-0.1, -0.05) is 96.0 Å². The second kappa shape index (κ2) is 13.4. The van der Waals surface area contributed by atoms with Crippen LogP contribution in [0.1, 0.15) is 42.9 Å². The highest BCUT2D eigenvalue weighted by atomic mass is 35.5. The number of carbonyl (C=O) groups is 2. The van der Waals surface area contributed by atoms with Crippen molar-refractivity contribution in [2.75, 3.05) is 20.1 Å². The van der Waals surface area contributed by atoms with Crippen LogP contribution in [-0.2, 0) is 14.3 Å². The number of Topliss-reactive ketones (excluding diaryl/α,β-unsaturated/α-hetero) is 1. The summed E-state index contributed by atoms with van der Waals surface area (Å²) in [6, 6.07) is 26.0. The number of carbonyl (C=O) groups excluding carboxylic acids is 2. The van der Waals surface area contributed by atoms with Gasteiger partial charge in [0.2, 0.25) is 0 Å². The molecule has 0 heterocycles. The summed E-state index contributed by atoms with van der Waals surface area (Å²) in [6.07, 6.45) is 1.93. The number of hydrogen-bond donors (Lipinski definition) is 0. The second-order valence-corrected chi connectivity index (χ2v) is 9.68. The minimum absolute atomic E-state index is 0.0677. The van der Waals surface area contributed by atoms with Crippen LogP contribution in [0.25, 0.3) is 6.08 Å². The Labute approximate surface area is 223 Å². The number of nitrogens with zero attached hydrogens (tertiary/aromatic N) is 1. The highest BCUT2D eigenvalue weighted by molar-refractivity contribution is 6.43. The predicted octanol–water partition coefficient (Wildman–Crippen LogP) is 7.05. The van der Waals surface area contributed by atoms with Crippen LogP contribution in [0.4, 0.5) is 0 Å². The monoisotopic (exact) mass is 523 g/mol. The first-order valence-electron chi connectivity index (χ1n) is 11.9. The maximum absolute atomic E-state index is 12.8. The van der Waals surface area contributed by atoms with E-state index < -0.39 is 17.9 Å². The Bertz CT molecular complexity index is 1160. The van der Waals surface area contributed by atoms with Crippen LogP contribution in [-0.4, -0.2) is 42.9 Å². The molecule has 0 aromatic heterocycles. The first kappa shape index (κ1) is 27.7. The van der Waals surface area contributed by atoms with Gasteiger partial charge < -0.3 is 9.64 Å². The molecule has 0 aliphatic rings. The highest BCUT2D eigenvalue weighted by Gasteiger charge is 2.21. The average molecular weight is 524 g/mol. The Kier molecular flexibility index (Phi) is 10.3. The molecule has 0 spiro atoms. The van der Waals surface area contributed by atoms with E-state index in [0.29, 0.717) is 17.1 Å². The van der Waals surface area contributed by atoms with E-state index in [1.54, 1.807) is 18.2 Å². The molecule has 0 radical (unpaired) electrons. The third-order valence-electron chi connectivity index (χ3n) is 5.96. The summed E-state index contributed by atoms with van der Waals surface area (Å²) < 4.78 is 5.62. The maximum Gasteiger partial charge on any atom is 0.342 e. The van der Waals surface area contributed by atoms with Crippen molar-refractivity contribution in [2.24, 2.45) is 0 Å². The number of likely N-dealkylation sites (N-methyl/N-ethyl adjacent to an activating group) is 1. The van der Waals surface area contributed by atoms with Crippen molar-refractivity contribution in [2.45, 2.75) is 32.3 Å². The number of hydrogen-bond acceptors (Lipinski definition) is 4. The molecule has 0 saturated carbocycles. The molecular weight excluding hydrogens is 493 g/mol. The van der Waals surface area contributed by atoms with Crippen molar-refractivity contribution in [3.05, 3.63) is 111 Å². The van der Waals surface area contributed by atoms with E-state index in [0.717, 1.165) is 13.0 Å². The lowest BCUT2D eigenvalue weighted by atomic mass is 9.88. The van der Waals surface area contributed by atoms with Crippen LogP contribution in [0.15, 0.2) is 84.4 Å². The van der Waals surface area contributed by atoms with Crippen molar-refractivity contribution in [1.82, 2.24) is 4.90 Å². The summed E-state index contributed by atoms with van der Waals surface area (Å²) in [5, 5.41) is 0.630. The Hall–Kier alpha value is -2.92. The van der Waals surface area contributed by atoms with E-state index in [4.69, 9.17) is 27.9 Å². The van der Waals surface area contributed by atoms with Crippen LogP contribution in [0, 0.1) is 0 Å². The number of rotatable bonds is 11. The zero-order valence-electron chi connectivity index (χ0n) is 20.8. The largest absolute Gasteiger partial charge is 0.458 e. The summed E-state index contributed by atoms with van der Waals surface area (Å²) >= 11 is 12.3. The molecule has 1 atom stereocenters. The lowest BCUT2D eigenvalue weighted by Gasteiger charge is -2.25. The Morgan fingerprint density at radius 2 is 1.50 bits per heavy atom. The molecule has 0 fully saturated rings. The molecule has 0 aliphatic heterocycles. The molecule has 0 amide bonds. The van der Waals surface area contributed by atoms with Gasteiger partial charge >= 0.3 is 5.97 Å². The number of ether oxygens (including phenoxy) is 1. The summed E-state index contributed by atoms with van der Waals surface area (Å²) in [6.45, 7) is 4.50. The van der Waals surface area contributed by atoms with Gasteiger partial charge in [0.05, 0.1) is 10.0 Å². The van der Waals surface area contributed by atoms with Gasteiger partial charge in [-0.25, -0.2) is 4.79 Å². The van der Waals surface area contributed by atoms with Gasteiger partial charge in [-0.15, -0.1) is 0 Å². The average Bonchev–Trinajstić information content (AvgIpc) is 2.86. The molecule has 188 valence electrons. The molecular formula is C30H31Cl2NO3. The van der Waals surface area contributed by atoms with Gasteiger partial charge in [-0.2, -0.15) is 0 Å². The molecule has 3 rings (SSSR count). The molecule has 3 aromatic carbocycles. The van der Waals surface area contributed by atoms with E-state index >= 15 is 0 Å². The fourth-order valence-corrected chi connectivity index (χ4v) is 4.51. The number of halogens is 2. The Balaban J connectivity index is 1.62. The minimum Gasteiger partial charge on any atom is -0.458 e. The van der Waals surface area contributed by atoms with Gasteiger partial charge in [-0.3, -0.25) is 4.79 Å². The number of benzene rings is 3. The van der Waals surface area contributed by atoms with Crippen molar-refractivity contribution in [3.8, 4) is 0 Å². The SMILES string of the molecule is CC(=O)/C(=C\c1cccc(Cl)c1Cl)C(=O)OC(C)CN(C)CCC(c1ccccc1)c1ccccc1. The van der Waals surface area contributed by atoms with Gasteiger partial charge in [0.25, 0.3) is 0 Å². The van der Waals surface area contributed by atoms with Gasteiger partial charge in [-0.05, 0) is 62.7 Å². The van der Waals surface area contributed by atoms with E-state index in [9.17, 15) is 9.59 Å². The minimum atomic E-state index is -0.675. The van der Waals surface area contributed by atoms with Crippen LogP contribution in [0.3, 0.4) is 0 Å². The molecule has 0 saturated heterocycles. The highest BCUT2D eigenvalue weighted by Crippen LogP contribution is 2.29. The van der Waals surface area contributed by atoms with E-state index in [-0.39, 0.29) is 16.5 Å². The van der Waals surface area contributed by atoms with Crippen LogP contribution in [0.5, 0.6) is 0 Å². The summed E-state index contributed by atoms with van der Waals surface area (Å²) in [4.78, 5) is 27.1. The molecule has 0 aliphatic carbocycles. The zero-order valence-corrected chi connectivity index (χ0v) is 22.3. The van der Waals surface area contributed by atoms with E-state index in [1.165, 1.54) is 24.1 Å². The molecule has 0 bridgehead atoms. The first-order chi connectivity index (χ1) is 17.3. The van der Waals surface area contributed by atoms with E-state index in [2.05, 4.69) is 53.4 Å². The standard InChI is InChI=1S/C30H31Cl2NO3/c1-21(36-30(35)27(22(2)34)19-25-15-10-16-28(31)29(25)32)20-33(3)18-17-26(23-11-6-4-7-12-23)24-13-8-5-9-14-24/h4-16,19,21,26H,17-18,20H2,1-3H3/b27-19+. The summed E-state index contributed by atoms with van der Waals surface area (Å²) in [7, 11) is 2.00. The van der Waals surface area contributed by atoms with E-state index in [1.807, 2.05) is 26.1 Å². The third-order valence-corrected chi connectivity index (χ3v) is 6.79. The number of esters is 1. The predicted molar refractivity (Wildman–Crippen MR) is 148 cm³/mol. The fraction of sp³-hybridized carbons (Fsp3) is 0.267. The van der Waals surface area contributed by atoms with Crippen molar-refractivity contribution in [1.29, 1.82) is 0 Å². The van der Waals surface area contributed by atoms with Crippen molar-refractivity contribution >= 4 is 41.0 Å². The van der Waals surface area contributed by atoms with Crippen LogP contribution in [0.2, 0.25) is 10.0 Å². The fourth-order valence-electron chi connectivity index (χ4n) is 4.15. The van der Waals surface area contributed by atoms with Gasteiger partial charge in [0, 0.05) is 12.5 Å². The normalized spacial score (nSPS) is 12.6. The summed E-state index contributed by atoms with van der Waals surface area (Å²) in [5.41, 5.74) is 2.96.